The zero-order valence-corrected chi connectivity index (χ0v) is 30.9. The first-order valence-electron chi connectivity index (χ1n) is 17.6. The Morgan fingerprint density at radius 3 is 1.85 bits per heavy atom. The predicted molar refractivity (Wildman–Crippen MR) is 214 cm³/mol. The number of aliphatic carboxylic acids is 1. The Kier molecular flexibility index (Phi) is 11.0. The molecular weight excluding hydrogens is 737 g/mol. The van der Waals surface area contributed by atoms with Gasteiger partial charge in [-0.1, -0.05) is 151 Å². The maximum absolute atomic E-state index is 14.0. The van der Waals surface area contributed by atoms with Gasteiger partial charge in [0.15, 0.2) is 6.04 Å². The van der Waals surface area contributed by atoms with Crippen LogP contribution in [0.3, 0.4) is 0 Å². The number of fused-ring (bicyclic) bond motifs is 7. The molecule has 54 heavy (non-hydrogen) atoms. The van der Waals surface area contributed by atoms with E-state index >= 15 is 0 Å². The molecule has 0 fully saturated rings. The third-order valence-corrected chi connectivity index (χ3v) is 10.0. The summed E-state index contributed by atoms with van der Waals surface area (Å²) in [5, 5.41) is 20.1. The molecule has 1 N–H and O–H groups in total. The molecule has 0 spiro atoms. The van der Waals surface area contributed by atoms with E-state index in [4.69, 9.17) is 16.6 Å². The number of benzene rings is 7. The van der Waals surface area contributed by atoms with Gasteiger partial charge in [-0.15, -0.1) is 5.69 Å². The molecule has 268 valence electrons. The average Bonchev–Trinajstić information content (AvgIpc) is 3.34. The Labute approximate surface area is 329 Å². The summed E-state index contributed by atoms with van der Waals surface area (Å²) in [6, 6.07) is 48.4. The maximum Gasteiger partial charge on any atom is 2.00 e. The van der Waals surface area contributed by atoms with Crippen molar-refractivity contribution >= 4 is 56.4 Å². The van der Waals surface area contributed by atoms with Gasteiger partial charge in [0.1, 0.15) is 0 Å². The third kappa shape index (κ3) is 7.71. The van der Waals surface area contributed by atoms with Crippen LogP contribution in [0.2, 0.25) is 5.02 Å². The quantitative estimate of drug-likeness (QED) is 0.117. The SMILES string of the molecule is O=C(CN1Cc2ccc3ccccc3c2-c2c(ccc3ccccc23)C1)[N-]c1ccc(Cl)cc1C(=N[C@H](Cc1ccccc1)C(=O)O)c1ccccc1.[Ni+2]. The van der Waals surface area contributed by atoms with Crippen LogP contribution in [0.5, 0.6) is 0 Å². The molecule has 1 amide bonds. The number of aliphatic imine (C=N–C) groups is 1. The van der Waals surface area contributed by atoms with Crippen LogP contribution >= 0.6 is 11.6 Å². The van der Waals surface area contributed by atoms with Crippen LogP contribution in [0.1, 0.15) is 27.8 Å². The third-order valence-electron chi connectivity index (χ3n) is 9.78. The Morgan fingerprint density at radius 1 is 0.704 bits per heavy atom. The van der Waals surface area contributed by atoms with Gasteiger partial charge in [-0.2, -0.15) is 0 Å². The summed E-state index contributed by atoms with van der Waals surface area (Å²) < 4.78 is 0. The van der Waals surface area contributed by atoms with Gasteiger partial charge in [0.05, 0.1) is 11.6 Å². The van der Waals surface area contributed by atoms with Gasteiger partial charge in [0.25, 0.3) is 0 Å². The van der Waals surface area contributed by atoms with Crippen molar-refractivity contribution in [2.75, 3.05) is 6.54 Å². The summed E-state index contributed by atoms with van der Waals surface area (Å²) in [7, 11) is 0. The van der Waals surface area contributed by atoms with Crippen LogP contribution in [0.4, 0.5) is 5.69 Å². The second-order valence-corrected chi connectivity index (χ2v) is 13.8. The van der Waals surface area contributed by atoms with Gasteiger partial charge in [-0.25, -0.2) is 4.79 Å². The molecule has 0 saturated heterocycles. The van der Waals surface area contributed by atoms with E-state index in [0.29, 0.717) is 40.6 Å². The molecule has 0 aliphatic carbocycles. The van der Waals surface area contributed by atoms with Crippen molar-refractivity contribution in [3.8, 4) is 11.1 Å². The fourth-order valence-corrected chi connectivity index (χ4v) is 7.54. The molecule has 7 aromatic carbocycles. The molecule has 7 aromatic rings. The van der Waals surface area contributed by atoms with E-state index in [9.17, 15) is 14.7 Å². The molecule has 0 unspecified atom stereocenters. The monoisotopic (exact) mass is 770 g/mol. The van der Waals surface area contributed by atoms with Crippen molar-refractivity contribution in [2.24, 2.45) is 4.99 Å². The summed E-state index contributed by atoms with van der Waals surface area (Å²) >= 11 is 6.56. The van der Waals surface area contributed by atoms with Crippen LogP contribution in [-0.2, 0) is 45.6 Å². The van der Waals surface area contributed by atoms with Crippen molar-refractivity contribution in [3.05, 3.63) is 190 Å². The standard InChI is InChI=1S/C46H36ClN3O3.Ni/c47-36-23-24-40(39(26-36)45(33-15-5-2-6-16-33)49-41(46(52)53)25-30-11-3-1-4-12-30)48-42(51)29-50-27-34-21-19-31-13-7-9-17-37(31)43(34)44-35(28-50)22-20-32-14-8-10-18-38(32)44;/h1-24,26,41H,25,27-29H2,(H2,48,49,51,52,53);/q;+2/p-1/t41-;/m1./s1. The number of carbonyl (C=O) groups is 2. The fraction of sp³-hybridized carbons (Fsp3) is 0.109. The Balaban J connectivity index is 0.00000450. The molecule has 1 aliphatic rings. The molecule has 0 saturated carbocycles. The van der Waals surface area contributed by atoms with Gasteiger partial charge in [0.2, 0.25) is 0 Å². The zero-order valence-electron chi connectivity index (χ0n) is 29.1. The van der Waals surface area contributed by atoms with E-state index in [1.807, 2.05) is 60.7 Å². The van der Waals surface area contributed by atoms with Crippen LogP contribution in [0.15, 0.2) is 157 Å². The smallest absolute Gasteiger partial charge is 0.625 e. The number of hydrogen-bond donors (Lipinski definition) is 1. The first-order valence-corrected chi connectivity index (χ1v) is 18.0. The van der Waals surface area contributed by atoms with Gasteiger partial charge in [-0.3, -0.25) is 9.89 Å². The van der Waals surface area contributed by atoms with E-state index in [-0.39, 0.29) is 35.4 Å². The minimum Gasteiger partial charge on any atom is -0.625 e. The Bertz CT molecular complexity index is 2440. The van der Waals surface area contributed by atoms with Gasteiger partial charge < -0.3 is 15.2 Å². The molecule has 0 aromatic heterocycles. The number of rotatable bonds is 9. The van der Waals surface area contributed by atoms with E-state index in [1.165, 1.54) is 32.7 Å². The minimum atomic E-state index is -1.08. The predicted octanol–water partition coefficient (Wildman–Crippen LogP) is 10.4. The normalized spacial score (nSPS) is 13.3. The number of amides is 1. The molecule has 0 radical (unpaired) electrons. The molecule has 0 bridgehead atoms. The van der Waals surface area contributed by atoms with E-state index < -0.39 is 12.0 Å². The second kappa shape index (κ2) is 16.2. The molecule has 1 aliphatic heterocycles. The molecule has 6 nitrogen and oxygen atoms in total. The van der Waals surface area contributed by atoms with Crippen molar-refractivity contribution in [2.45, 2.75) is 25.6 Å². The number of hydrogen-bond acceptors (Lipinski definition) is 4. The van der Waals surface area contributed by atoms with Crippen LogP contribution in [0.25, 0.3) is 38.0 Å². The number of carbonyl (C=O) groups excluding carboxylic acids is 1. The molecule has 8 heteroatoms. The second-order valence-electron chi connectivity index (χ2n) is 13.3. The molecular formula is C46H35ClN3NiO3+. The summed E-state index contributed by atoms with van der Waals surface area (Å²) in [5.41, 5.74) is 7.51. The minimum absolute atomic E-state index is 0. The van der Waals surface area contributed by atoms with Crippen LogP contribution in [0, 0.1) is 0 Å². The Hall–Kier alpha value is -5.59. The summed E-state index contributed by atoms with van der Waals surface area (Å²) in [6.45, 7) is 1.20. The Morgan fingerprint density at radius 2 is 1.26 bits per heavy atom. The summed E-state index contributed by atoms with van der Waals surface area (Å²) in [6.07, 6.45) is 0.195. The van der Waals surface area contributed by atoms with Crippen molar-refractivity contribution < 1.29 is 31.2 Å². The molecule has 1 atom stereocenters. The van der Waals surface area contributed by atoms with Crippen LogP contribution < -0.4 is 0 Å². The number of halogens is 1. The summed E-state index contributed by atoms with van der Waals surface area (Å²) in [4.78, 5) is 33.6. The topological polar surface area (TPSA) is 84.1 Å². The average molecular weight is 772 g/mol. The van der Waals surface area contributed by atoms with Gasteiger partial charge in [0, 0.05) is 36.6 Å². The van der Waals surface area contributed by atoms with E-state index in [1.54, 1.807) is 18.2 Å². The van der Waals surface area contributed by atoms with Gasteiger partial charge in [-0.05, 0) is 67.1 Å². The van der Waals surface area contributed by atoms with E-state index in [0.717, 1.165) is 16.7 Å². The fourth-order valence-electron chi connectivity index (χ4n) is 7.37. The van der Waals surface area contributed by atoms with Crippen LogP contribution in [-0.4, -0.2) is 40.2 Å². The number of carboxylic acids is 1. The van der Waals surface area contributed by atoms with Crippen molar-refractivity contribution in [1.82, 2.24) is 4.90 Å². The zero-order chi connectivity index (χ0) is 36.3. The number of nitrogens with zero attached hydrogens (tertiary/aromatic N) is 3. The first kappa shape index (κ1) is 36.8. The molecule has 1 heterocycles. The summed E-state index contributed by atoms with van der Waals surface area (Å²) in [5.74, 6) is -1.38. The number of carboxylic acid groups (broad SMARTS) is 1. The molecule has 8 rings (SSSR count). The maximum atomic E-state index is 14.0. The van der Waals surface area contributed by atoms with E-state index in [2.05, 4.69) is 83.0 Å². The van der Waals surface area contributed by atoms with Crippen molar-refractivity contribution in [3.63, 3.8) is 0 Å². The largest absolute Gasteiger partial charge is 2.00 e. The first-order chi connectivity index (χ1) is 25.9. The van der Waals surface area contributed by atoms with Crippen molar-refractivity contribution in [1.29, 1.82) is 0 Å². The van der Waals surface area contributed by atoms with Gasteiger partial charge >= 0.3 is 22.5 Å².